The average molecular weight is 178 g/mol. The topological polar surface area (TPSA) is 17.1 Å². The van der Waals surface area contributed by atoms with Crippen LogP contribution in [0.5, 0.6) is 0 Å². The van der Waals surface area contributed by atoms with Crippen molar-refractivity contribution in [2.45, 2.75) is 19.8 Å². The standard InChI is InChI=1S/C11H11FO/c1-7-2-5-9(10(12)6-7)11(13)8-3-4-8/h2,5-6,8H,3-4H2,1H3. The van der Waals surface area contributed by atoms with Crippen molar-refractivity contribution < 1.29 is 9.18 Å². The number of halogens is 1. The summed E-state index contributed by atoms with van der Waals surface area (Å²) in [5.41, 5.74) is 1.11. The molecule has 2 rings (SSSR count). The molecule has 1 aromatic rings. The van der Waals surface area contributed by atoms with E-state index in [-0.39, 0.29) is 23.1 Å². The lowest BCUT2D eigenvalue weighted by Crippen LogP contribution is -2.04. The van der Waals surface area contributed by atoms with E-state index in [0.29, 0.717) is 0 Å². The fourth-order valence-electron chi connectivity index (χ4n) is 1.39. The Hall–Kier alpha value is -1.18. The number of hydrogen-bond acceptors (Lipinski definition) is 1. The van der Waals surface area contributed by atoms with E-state index in [0.717, 1.165) is 18.4 Å². The van der Waals surface area contributed by atoms with E-state index in [1.807, 2.05) is 6.92 Å². The van der Waals surface area contributed by atoms with Gasteiger partial charge >= 0.3 is 0 Å². The van der Waals surface area contributed by atoms with Gasteiger partial charge in [0, 0.05) is 5.92 Å². The van der Waals surface area contributed by atoms with Gasteiger partial charge in [-0.1, -0.05) is 6.07 Å². The SMILES string of the molecule is Cc1ccc(C(=O)C2CC2)c(F)c1. The summed E-state index contributed by atoms with van der Waals surface area (Å²) in [6, 6.07) is 4.78. The smallest absolute Gasteiger partial charge is 0.168 e. The molecule has 0 spiro atoms. The third-order valence-corrected chi connectivity index (χ3v) is 2.34. The van der Waals surface area contributed by atoms with Crippen LogP contribution in [0.3, 0.4) is 0 Å². The van der Waals surface area contributed by atoms with E-state index >= 15 is 0 Å². The molecule has 0 atom stereocenters. The van der Waals surface area contributed by atoms with Gasteiger partial charge in [-0.3, -0.25) is 4.79 Å². The zero-order valence-electron chi connectivity index (χ0n) is 7.51. The molecule has 1 fully saturated rings. The Balaban J connectivity index is 2.33. The van der Waals surface area contributed by atoms with Gasteiger partial charge in [0.25, 0.3) is 0 Å². The van der Waals surface area contributed by atoms with Gasteiger partial charge in [-0.05, 0) is 37.5 Å². The van der Waals surface area contributed by atoms with Crippen LogP contribution in [0, 0.1) is 18.7 Å². The Labute approximate surface area is 76.6 Å². The normalized spacial score (nSPS) is 15.8. The molecule has 0 saturated heterocycles. The van der Waals surface area contributed by atoms with Crippen molar-refractivity contribution in [2.24, 2.45) is 5.92 Å². The van der Waals surface area contributed by atoms with Crippen LogP contribution in [-0.2, 0) is 0 Å². The minimum atomic E-state index is -0.378. The minimum absolute atomic E-state index is 0.0301. The van der Waals surface area contributed by atoms with Crippen LogP contribution in [0.15, 0.2) is 18.2 Å². The van der Waals surface area contributed by atoms with Crippen LogP contribution in [0.25, 0.3) is 0 Å². The molecule has 0 radical (unpaired) electrons. The van der Waals surface area contributed by atoms with Crippen molar-refractivity contribution in [2.75, 3.05) is 0 Å². The number of carbonyl (C=O) groups is 1. The summed E-state index contributed by atoms with van der Waals surface area (Å²) in [4.78, 5) is 11.5. The summed E-state index contributed by atoms with van der Waals surface area (Å²) < 4.78 is 13.3. The molecule has 1 aliphatic rings. The number of carbonyl (C=O) groups excluding carboxylic acids is 1. The van der Waals surface area contributed by atoms with Gasteiger partial charge in [-0.2, -0.15) is 0 Å². The Morgan fingerprint density at radius 3 is 2.69 bits per heavy atom. The molecule has 0 aromatic heterocycles. The minimum Gasteiger partial charge on any atom is -0.294 e. The van der Waals surface area contributed by atoms with Crippen LogP contribution in [0.4, 0.5) is 4.39 Å². The van der Waals surface area contributed by atoms with Gasteiger partial charge in [0.05, 0.1) is 5.56 Å². The fourth-order valence-corrected chi connectivity index (χ4v) is 1.39. The Bertz CT molecular complexity index is 353. The predicted octanol–water partition coefficient (Wildman–Crippen LogP) is 2.73. The second kappa shape index (κ2) is 2.95. The van der Waals surface area contributed by atoms with Crippen molar-refractivity contribution in [1.29, 1.82) is 0 Å². The van der Waals surface area contributed by atoms with Crippen molar-refractivity contribution in [3.05, 3.63) is 35.1 Å². The van der Waals surface area contributed by atoms with Gasteiger partial charge in [0.2, 0.25) is 0 Å². The molecular weight excluding hydrogens is 167 g/mol. The summed E-state index contributed by atoms with van der Waals surface area (Å²) in [5, 5.41) is 0. The molecule has 0 bridgehead atoms. The molecule has 2 heteroatoms. The Morgan fingerprint density at radius 2 is 2.15 bits per heavy atom. The zero-order chi connectivity index (χ0) is 9.42. The van der Waals surface area contributed by atoms with Crippen LogP contribution in [0.2, 0.25) is 0 Å². The van der Waals surface area contributed by atoms with Gasteiger partial charge < -0.3 is 0 Å². The van der Waals surface area contributed by atoms with Crippen LogP contribution >= 0.6 is 0 Å². The molecule has 0 N–H and O–H groups in total. The number of benzene rings is 1. The maximum Gasteiger partial charge on any atom is 0.168 e. The largest absolute Gasteiger partial charge is 0.294 e. The Morgan fingerprint density at radius 1 is 1.46 bits per heavy atom. The van der Waals surface area contributed by atoms with Crippen molar-refractivity contribution in [3.63, 3.8) is 0 Å². The second-order valence-corrected chi connectivity index (χ2v) is 3.62. The molecule has 1 aliphatic carbocycles. The number of hydrogen-bond donors (Lipinski definition) is 0. The van der Waals surface area contributed by atoms with Crippen LogP contribution < -0.4 is 0 Å². The molecule has 1 nitrogen and oxygen atoms in total. The molecular formula is C11H11FO. The summed E-state index contributed by atoms with van der Waals surface area (Å²) in [6.07, 6.45) is 1.85. The number of rotatable bonds is 2. The zero-order valence-corrected chi connectivity index (χ0v) is 7.51. The summed E-state index contributed by atoms with van der Waals surface area (Å²) in [5.74, 6) is -0.313. The highest BCUT2D eigenvalue weighted by atomic mass is 19.1. The van der Waals surface area contributed by atoms with Gasteiger partial charge in [-0.15, -0.1) is 0 Å². The summed E-state index contributed by atoms with van der Waals surface area (Å²) in [6.45, 7) is 1.81. The lowest BCUT2D eigenvalue weighted by atomic mass is 10.1. The van der Waals surface area contributed by atoms with Gasteiger partial charge in [0.15, 0.2) is 5.78 Å². The first-order valence-corrected chi connectivity index (χ1v) is 4.49. The third kappa shape index (κ3) is 1.62. The van der Waals surface area contributed by atoms with Crippen molar-refractivity contribution in [3.8, 4) is 0 Å². The average Bonchev–Trinajstić information content (AvgIpc) is 2.85. The van der Waals surface area contributed by atoms with Crippen LogP contribution in [0.1, 0.15) is 28.8 Å². The number of aryl methyl sites for hydroxylation is 1. The highest BCUT2D eigenvalue weighted by Crippen LogP contribution is 2.33. The number of Topliss-reactive ketones (excluding diaryl/α,β-unsaturated/α-hetero) is 1. The highest BCUT2D eigenvalue weighted by molar-refractivity contribution is 5.99. The van der Waals surface area contributed by atoms with Crippen molar-refractivity contribution >= 4 is 5.78 Å². The van der Waals surface area contributed by atoms with E-state index < -0.39 is 0 Å². The predicted molar refractivity (Wildman–Crippen MR) is 48.2 cm³/mol. The lowest BCUT2D eigenvalue weighted by molar-refractivity contribution is 0.0963. The maximum absolute atomic E-state index is 13.3. The Kier molecular flexibility index (Phi) is 1.91. The van der Waals surface area contributed by atoms with E-state index in [1.165, 1.54) is 6.07 Å². The third-order valence-electron chi connectivity index (χ3n) is 2.34. The second-order valence-electron chi connectivity index (χ2n) is 3.62. The lowest BCUT2D eigenvalue weighted by Gasteiger charge is -2.01. The quantitative estimate of drug-likeness (QED) is 0.636. The fraction of sp³-hybridized carbons (Fsp3) is 0.364. The number of ketones is 1. The highest BCUT2D eigenvalue weighted by Gasteiger charge is 2.31. The molecule has 0 unspecified atom stereocenters. The molecule has 0 heterocycles. The molecule has 1 aromatic carbocycles. The first kappa shape index (κ1) is 8.42. The van der Waals surface area contributed by atoms with Crippen molar-refractivity contribution in [1.82, 2.24) is 0 Å². The van der Waals surface area contributed by atoms with Crippen LogP contribution in [-0.4, -0.2) is 5.78 Å². The van der Waals surface area contributed by atoms with E-state index in [9.17, 15) is 9.18 Å². The van der Waals surface area contributed by atoms with Gasteiger partial charge in [0.1, 0.15) is 5.82 Å². The molecule has 1 saturated carbocycles. The maximum atomic E-state index is 13.3. The first-order chi connectivity index (χ1) is 6.18. The molecule has 68 valence electrons. The van der Waals surface area contributed by atoms with E-state index in [2.05, 4.69) is 0 Å². The summed E-state index contributed by atoms with van der Waals surface area (Å²) in [7, 11) is 0. The van der Waals surface area contributed by atoms with E-state index in [4.69, 9.17) is 0 Å². The summed E-state index contributed by atoms with van der Waals surface area (Å²) >= 11 is 0. The first-order valence-electron chi connectivity index (χ1n) is 4.49. The molecule has 0 aliphatic heterocycles. The monoisotopic (exact) mass is 178 g/mol. The molecule has 13 heavy (non-hydrogen) atoms. The molecule has 0 amide bonds. The van der Waals surface area contributed by atoms with Gasteiger partial charge in [-0.25, -0.2) is 4.39 Å². The van der Waals surface area contributed by atoms with E-state index in [1.54, 1.807) is 12.1 Å².